The van der Waals surface area contributed by atoms with E-state index in [1.165, 1.54) is 12.1 Å². The van der Waals surface area contributed by atoms with E-state index in [9.17, 15) is 9.18 Å². The van der Waals surface area contributed by atoms with Crippen LogP contribution in [0.2, 0.25) is 0 Å². The first-order valence-corrected chi connectivity index (χ1v) is 12.1. The number of aryl methyl sites for hydroxylation is 1. The van der Waals surface area contributed by atoms with Crippen LogP contribution < -0.4 is 19.7 Å². The normalized spacial score (nSPS) is 15.4. The van der Waals surface area contributed by atoms with Crippen molar-refractivity contribution in [2.24, 2.45) is 0 Å². The smallest absolute Gasteiger partial charge is 0.293 e. The lowest BCUT2D eigenvalue weighted by Crippen LogP contribution is -2.41. The third-order valence-corrected chi connectivity index (χ3v) is 5.68. The standard InChI is InChI=1S/C27H31FN4O4/c1-3-34-15-16-35-22-12-8-21(9-13-22)30-27(33)26-29-19(2)17-25(31-26)32-14-4-5-24(18-32)36-23-10-6-20(28)7-11-23/h6-13,17,24H,3-5,14-16,18H2,1-2H3,(H,30,33). The minimum absolute atomic E-state index is 0.0639. The molecule has 1 aliphatic heterocycles. The van der Waals surface area contributed by atoms with Gasteiger partial charge in [0.1, 0.15) is 35.8 Å². The first kappa shape index (κ1) is 25.4. The number of nitrogens with zero attached hydrogens (tertiary/aromatic N) is 3. The van der Waals surface area contributed by atoms with Crippen molar-refractivity contribution < 1.29 is 23.4 Å². The molecule has 4 rings (SSSR count). The third-order valence-electron chi connectivity index (χ3n) is 5.68. The zero-order valence-corrected chi connectivity index (χ0v) is 20.6. The molecule has 1 fully saturated rings. The van der Waals surface area contributed by atoms with Gasteiger partial charge in [-0.05, 0) is 75.2 Å². The summed E-state index contributed by atoms with van der Waals surface area (Å²) in [5.74, 6) is 1.43. The molecule has 2 aromatic carbocycles. The number of aromatic nitrogens is 2. The Morgan fingerprint density at radius 1 is 1.08 bits per heavy atom. The summed E-state index contributed by atoms with van der Waals surface area (Å²) in [6, 6.07) is 15.0. The number of carbonyl (C=O) groups is 1. The highest BCUT2D eigenvalue weighted by Gasteiger charge is 2.24. The molecule has 9 heteroatoms. The molecule has 1 unspecified atom stereocenters. The maximum Gasteiger partial charge on any atom is 0.293 e. The molecule has 1 saturated heterocycles. The predicted octanol–water partition coefficient (Wildman–Crippen LogP) is 4.64. The first-order chi connectivity index (χ1) is 17.5. The zero-order chi connectivity index (χ0) is 25.3. The van der Waals surface area contributed by atoms with Crippen molar-refractivity contribution in [2.45, 2.75) is 32.8 Å². The molecule has 190 valence electrons. The van der Waals surface area contributed by atoms with Crippen LogP contribution in [0.3, 0.4) is 0 Å². The Balaban J connectivity index is 1.38. The van der Waals surface area contributed by atoms with Gasteiger partial charge in [0.15, 0.2) is 0 Å². The van der Waals surface area contributed by atoms with Crippen molar-refractivity contribution in [2.75, 3.05) is 43.1 Å². The maximum absolute atomic E-state index is 13.2. The Labute approximate surface area is 210 Å². The highest BCUT2D eigenvalue weighted by atomic mass is 19.1. The Morgan fingerprint density at radius 2 is 1.83 bits per heavy atom. The molecule has 0 radical (unpaired) electrons. The number of carbonyl (C=O) groups excluding carboxylic acids is 1. The molecule has 36 heavy (non-hydrogen) atoms. The van der Waals surface area contributed by atoms with Crippen LogP contribution >= 0.6 is 0 Å². The van der Waals surface area contributed by atoms with Crippen LogP contribution in [0.25, 0.3) is 0 Å². The lowest BCUT2D eigenvalue weighted by atomic mass is 10.1. The number of hydrogen-bond donors (Lipinski definition) is 1. The number of nitrogens with one attached hydrogen (secondary N) is 1. The zero-order valence-electron chi connectivity index (χ0n) is 20.6. The second-order valence-electron chi connectivity index (χ2n) is 8.50. The van der Waals surface area contributed by atoms with E-state index in [-0.39, 0.29) is 23.7 Å². The second kappa shape index (κ2) is 12.3. The number of benzene rings is 2. The average molecular weight is 495 g/mol. The molecule has 1 N–H and O–H groups in total. The largest absolute Gasteiger partial charge is 0.491 e. The lowest BCUT2D eigenvalue weighted by molar-refractivity contribution is 0.101. The molecule has 0 saturated carbocycles. The molecule has 1 aliphatic rings. The SMILES string of the molecule is CCOCCOc1ccc(NC(=O)c2nc(C)cc(N3CCCC(Oc4ccc(F)cc4)C3)n2)cc1. The maximum atomic E-state index is 13.2. The van der Waals surface area contributed by atoms with Crippen LogP contribution in [0.1, 0.15) is 36.1 Å². The molecule has 1 aromatic heterocycles. The van der Waals surface area contributed by atoms with Gasteiger partial charge in [0.2, 0.25) is 5.82 Å². The minimum Gasteiger partial charge on any atom is -0.491 e. The summed E-state index contributed by atoms with van der Waals surface area (Å²) >= 11 is 0. The fourth-order valence-electron chi connectivity index (χ4n) is 3.95. The van der Waals surface area contributed by atoms with E-state index >= 15 is 0 Å². The van der Waals surface area contributed by atoms with E-state index < -0.39 is 0 Å². The van der Waals surface area contributed by atoms with E-state index in [0.29, 0.717) is 55.1 Å². The van der Waals surface area contributed by atoms with Crippen LogP contribution in [0, 0.1) is 12.7 Å². The number of amides is 1. The summed E-state index contributed by atoms with van der Waals surface area (Å²) in [6.07, 6.45) is 1.73. The minimum atomic E-state index is -0.388. The van der Waals surface area contributed by atoms with Crippen molar-refractivity contribution in [1.29, 1.82) is 0 Å². The van der Waals surface area contributed by atoms with E-state index in [4.69, 9.17) is 14.2 Å². The van der Waals surface area contributed by atoms with Gasteiger partial charge in [0.05, 0.1) is 13.2 Å². The van der Waals surface area contributed by atoms with Gasteiger partial charge in [0.25, 0.3) is 5.91 Å². The molecule has 0 spiro atoms. The number of hydrogen-bond acceptors (Lipinski definition) is 7. The van der Waals surface area contributed by atoms with E-state index in [1.54, 1.807) is 36.4 Å². The summed E-state index contributed by atoms with van der Waals surface area (Å²) in [7, 11) is 0. The highest BCUT2D eigenvalue weighted by molar-refractivity contribution is 6.01. The first-order valence-electron chi connectivity index (χ1n) is 12.1. The van der Waals surface area contributed by atoms with E-state index in [0.717, 1.165) is 19.4 Å². The number of piperidine rings is 1. The van der Waals surface area contributed by atoms with Gasteiger partial charge >= 0.3 is 0 Å². The molecular weight excluding hydrogens is 463 g/mol. The van der Waals surface area contributed by atoms with E-state index in [1.807, 2.05) is 19.9 Å². The fourth-order valence-corrected chi connectivity index (χ4v) is 3.95. The summed E-state index contributed by atoms with van der Waals surface area (Å²) in [4.78, 5) is 23.9. The van der Waals surface area contributed by atoms with Crippen molar-refractivity contribution in [3.8, 4) is 11.5 Å². The van der Waals surface area contributed by atoms with Crippen molar-refractivity contribution in [1.82, 2.24) is 9.97 Å². The summed E-state index contributed by atoms with van der Waals surface area (Å²) in [6.45, 7) is 6.83. The summed E-state index contributed by atoms with van der Waals surface area (Å²) < 4.78 is 30.1. The Bertz CT molecular complexity index is 1140. The lowest BCUT2D eigenvalue weighted by Gasteiger charge is -2.33. The molecule has 0 bridgehead atoms. The van der Waals surface area contributed by atoms with Crippen molar-refractivity contribution in [3.05, 3.63) is 71.9 Å². The Morgan fingerprint density at radius 3 is 2.58 bits per heavy atom. The summed E-state index contributed by atoms with van der Waals surface area (Å²) in [5, 5.41) is 2.85. The second-order valence-corrected chi connectivity index (χ2v) is 8.50. The summed E-state index contributed by atoms with van der Waals surface area (Å²) in [5.41, 5.74) is 1.32. The Hall–Kier alpha value is -3.72. The van der Waals surface area contributed by atoms with Gasteiger partial charge in [-0.1, -0.05) is 0 Å². The molecule has 3 aromatic rings. The van der Waals surface area contributed by atoms with E-state index in [2.05, 4.69) is 20.2 Å². The van der Waals surface area contributed by atoms with Crippen LogP contribution in [0.5, 0.6) is 11.5 Å². The highest BCUT2D eigenvalue weighted by Crippen LogP contribution is 2.23. The van der Waals surface area contributed by atoms with Crippen LogP contribution in [-0.4, -0.2) is 54.9 Å². The Kier molecular flexibility index (Phi) is 8.67. The quantitative estimate of drug-likeness (QED) is 0.411. The predicted molar refractivity (Wildman–Crippen MR) is 135 cm³/mol. The van der Waals surface area contributed by atoms with Gasteiger partial charge < -0.3 is 24.4 Å². The van der Waals surface area contributed by atoms with Crippen LogP contribution in [0.15, 0.2) is 54.6 Å². The molecule has 0 aliphatic carbocycles. The molecule has 1 amide bonds. The van der Waals surface area contributed by atoms with Crippen LogP contribution in [0.4, 0.5) is 15.9 Å². The third kappa shape index (κ3) is 7.14. The van der Waals surface area contributed by atoms with Gasteiger partial charge in [-0.3, -0.25) is 4.79 Å². The molecule has 1 atom stereocenters. The molecule has 2 heterocycles. The van der Waals surface area contributed by atoms with Crippen molar-refractivity contribution >= 4 is 17.4 Å². The number of anilines is 2. The topological polar surface area (TPSA) is 85.8 Å². The molecular formula is C27H31FN4O4. The van der Waals surface area contributed by atoms with Gasteiger partial charge in [-0.2, -0.15) is 0 Å². The fraction of sp³-hybridized carbons (Fsp3) is 0.370. The average Bonchev–Trinajstić information content (AvgIpc) is 2.89. The van der Waals surface area contributed by atoms with Crippen LogP contribution in [-0.2, 0) is 4.74 Å². The monoisotopic (exact) mass is 494 g/mol. The number of rotatable bonds is 10. The van der Waals surface area contributed by atoms with Crippen molar-refractivity contribution in [3.63, 3.8) is 0 Å². The number of halogens is 1. The number of ether oxygens (including phenoxy) is 3. The van der Waals surface area contributed by atoms with Gasteiger partial charge in [-0.15, -0.1) is 0 Å². The van der Waals surface area contributed by atoms with Gasteiger partial charge in [-0.25, -0.2) is 14.4 Å². The van der Waals surface area contributed by atoms with Gasteiger partial charge in [0, 0.05) is 30.6 Å². The molecule has 8 nitrogen and oxygen atoms in total.